The summed E-state index contributed by atoms with van der Waals surface area (Å²) in [5.41, 5.74) is 0. The Morgan fingerprint density at radius 1 is 1.53 bits per heavy atom. The summed E-state index contributed by atoms with van der Waals surface area (Å²) in [7, 11) is -3.09. The quantitative estimate of drug-likeness (QED) is 0.560. The molecule has 1 fully saturated rings. The van der Waals surface area contributed by atoms with Crippen LogP contribution >= 0.6 is 0 Å². The van der Waals surface area contributed by atoms with Gasteiger partial charge >= 0.3 is 0 Å². The van der Waals surface area contributed by atoms with E-state index in [9.17, 15) is 13.2 Å². The molecule has 0 saturated carbocycles. The van der Waals surface area contributed by atoms with Gasteiger partial charge in [-0.1, -0.05) is 0 Å². The molecule has 0 spiro atoms. The Bertz CT molecular complexity index is 315. The fourth-order valence-electron chi connectivity index (χ4n) is 1.44. The van der Waals surface area contributed by atoms with E-state index < -0.39 is 10.0 Å². The van der Waals surface area contributed by atoms with E-state index in [4.69, 9.17) is 0 Å². The zero-order valence-electron chi connectivity index (χ0n) is 8.82. The Hall–Kier alpha value is -0.660. The number of nitrogens with one attached hydrogen (secondary N) is 2. The minimum Gasteiger partial charge on any atom is -0.354 e. The van der Waals surface area contributed by atoms with Gasteiger partial charge < -0.3 is 5.32 Å². The van der Waals surface area contributed by atoms with Crippen LogP contribution in [-0.4, -0.2) is 58.2 Å². The number of amides is 1. The number of carbonyl (C=O) groups is 1. The molecule has 7 heteroatoms. The van der Waals surface area contributed by atoms with Crippen LogP contribution in [0, 0.1) is 0 Å². The molecular formula is C8H17N3O3S. The van der Waals surface area contributed by atoms with Gasteiger partial charge in [-0.15, -0.1) is 0 Å². The molecule has 1 amide bonds. The van der Waals surface area contributed by atoms with Crippen LogP contribution in [-0.2, 0) is 14.8 Å². The van der Waals surface area contributed by atoms with Gasteiger partial charge in [-0.05, 0) is 13.0 Å². The van der Waals surface area contributed by atoms with E-state index in [2.05, 4.69) is 10.0 Å². The number of piperazine rings is 1. The predicted molar refractivity (Wildman–Crippen MR) is 56.9 cm³/mol. The number of carbonyl (C=O) groups excluding carboxylic acids is 1. The standard InChI is InChI=1S/C8H17N3O3S/c1-15(13,14)10-3-2-5-11-6-4-9-8(12)7-11/h10H,2-7H2,1H3,(H,9,12). The first kappa shape index (κ1) is 12.4. The van der Waals surface area contributed by atoms with E-state index in [-0.39, 0.29) is 5.91 Å². The van der Waals surface area contributed by atoms with E-state index in [1.54, 1.807) is 0 Å². The van der Waals surface area contributed by atoms with Gasteiger partial charge in [0.05, 0.1) is 12.8 Å². The maximum absolute atomic E-state index is 11.0. The molecule has 1 aliphatic heterocycles. The minimum atomic E-state index is -3.09. The Kier molecular flexibility index (Phi) is 4.49. The lowest BCUT2D eigenvalue weighted by Gasteiger charge is -2.26. The van der Waals surface area contributed by atoms with E-state index in [1.807, 2.05) is 4.90 Å². The van der Waals surface area contributed by atoms with Gasteiger partial charge in [0.25, 0.3) is 0 Å². The second kappa shape index (κ2) is 5.43. The second-order valence-corrected chi connectivity index (χ2v) is 5.48. The van der Waals surface area contributed by atoms with Gasteiger partial charge in [0.15, 0.2) is 0 Å². The van der Waals surface area contributed by atoms with Crippen molar-refractivity contribution >= 4 is 15.9 Å². The molecule has 0 radical (unpaired) electrons. The SMILES string of the molecule is CS(=O)(=O)NCCCN1CCNC(=O)C1. The molecule has 0 bridgehead atoms. The summed E-state index contributed by atoms with van der Waals surface area (Å²) in [6.45, 7) is 3.11. The van der Waals surface area contributed by atoms with Crippen molar-refractivity contribution in [1.29, 1.82) is 0 Å². The van der Waals surface area contributed by atoms with E-state index in [0.29, 0.717) is 19.6 Å². The smallest absolute Gasteiger partial charge is 0.234 e. The van der Waals surface area contributed by atoms with Crippen LogP contribution in [0.2, 0.25) is 0 Å². The molecular weight excluding hydrogens is 218 g/mol. The Balaban J connectivity index is 2.12. The van der Waals surface area contributed by atoms with Gasteiger partial charge in [0, 0.05) is 19.6 Å². The van der Waals surface area contributed by atoms with Crippen LogP contribution in [0.5, 0.6) is 0 Å². The molecule has 0 atom stereocenters. The third-order valence-electron chi connectivity index (χ3n) is 2.13. The molecule has 0 aliphatic carbocycles. The van der Waals surface area contributed by atoms with Crippen LogP contribution < -0.4 is 10.0 Å². The summed E-state index contributed by atoms with van der Waals surface area (Å²) in [5.74, 6) is 0.0392. The maximum Gasteiger partial charge on any atom is 0.234 e. The molecule has 1 rings (SSSR count). The summed E-state index contributed by atoms with van der Waals surface area (Å²) < 4.78 is 23.9. The normalized spacial score (nSPS) is 18.9. The molecule has 1 heterocycles. The lowest BCUT2D eigenvalue weighted by atomic mass is 10.3. The van der Waals surface area contributed by atoms with Crippen molar-refractivity contribution in [2.75, 3.05) is 39.0 Å². The lowest BCUT2D eigenvalue weighted by Crippen LogP contribution is -2.48. The fraction of sp³-hybridized carbons (Fsp3) is 0.875. The van der Waals surface area contributed by atoms with Crippen LogP contribution in [0.4, 0.5) is 0 Å². The van der Waals surface area contributed by atoms with Crippen molar-refractivity contribution in [3.8, 4) is 0 Å². The third-order valence-corrected chi connectivity index (χ3v) is 2.86. The molecule has 0 aromatic carbocycles. The average molecular weight is 235 g/mol. The van der Waals surface area contributed by atoms with Crippen molar-refractivity contribution in [1.82, 2.24) is 14.9 Å². The number of sulfonamides is 1. The predicted octanol–water partition coefficient (Wildman–Crippen LogP) is -1.64. The summed E-state index contributed by atoms with van der Waals surface area (Å²) >= 11 is 0. The van der Waals surface area contributed by atoms with Crippen molar-refractivity contribution in [3.05, 3.63) is 0 Å². The number of rotatable bonds is 5. The molecule has 2 N–H and O–H groups in total. The zero-order valence-corrected chi connectivity index (χ0v) is 9.64. The second-order valence-electron chi connectivity index (χ2n) is 3.65. The number of hydrogen-bond donors (Lipinski definition) is 2. The van der Waals surface area contributed by atoms with Gasteiger partial charge in [0.1, 0.15) is 0 Å². The molecule has 0 aromatic rings. The maximum atomic E-state index is 11.0. The first-order valence-electron chi connectivity index (χ1n) is 4.91. The summed E-state index contributed by atoms with van der Waals surface area (Å²) in [6, 6.07) is 0. The van der Waals surface area contributed by atoms with E-state index in [1.165, 1.54) is 0 Å². The zero-order chi connectivity index (χ0) is 11.3. The van der Waals surface area contributed by atoms with Crippen LogP contribution in [0.3, 0.4) is 0 Å². The molecule has 88 valence electrons. The van der Waals surface area contributed by atoms with E-state index >= 15 is 0 Å². The molecule has 15 heavy (non-hydrogen) atoms. The highest BCUT2D eigenvalue weighted by Crippen LogP contribution is 1.94. The van der Waals surface area contributed by atoms with Gasteiger partial charge in [-0.25, -0.2) is 13.1 Å². The van der Waals surface area contributed by atoms with Gasteiger partial charge in [0.2, 0.25) is 15.9 Å². The Morgan fingerprint density at radius 2 is 2.27 bits per heavy atom. The lowest BCUT2D eigenvalue weighted by molar-refractivity contribution is -0.124. The van der Waals surface area contributed by atoms with E-state index in [0.717, 1.165) is 25.8 Å². The molecule has 0 unspecified atom stereocenters. The summed E-state index contributed by atoms with van der Waals surface area (Å²) in [4.78, 5) is 13.0. The minimum absolute atomic E-state index is 0.0392. The summed E-state index contributed by atoms with van der Waals surface area (Å²) in [6.07, 6.45) is 1.86. The first-order chi connectivity index (χ1) is 6.97. The topological polar surface area (TPSA) is 78.5 Å². The Morgan fingerprint density at radius 3 is 2.87 bits per heavy atom. The van der Waals surface area contributed by atoms with Crippen molar-refractivity contribution < 1.29 is 13.2 Å². The Labute approximate surface area is 90.1 Å². The highest BCUT2D eigenvalue weighted by molar-refractivity contribution is 7.88. The monoisotopic (exact) mass is 235 g/mol. The number of hydrogen-bond acceptors (Lipinski definition) is 4. The molecule has 1 saturated heterocycles. The van der Waals surface area contributed by atoms with Gasteiger partial charge in [-0.3, -0.25) is 9.69 Å². The van der Waals surface area contributed by atoms with Crippen molar-refractivity contribution in [2.45, 2.75) is 6.42 Å². The van der Waals surface area contributed by atoms with Crippen LogP contribution in [0.1, 0.15) is 6.42 Å². The van der Waals surface area contributed by atoms with Crippen LogP contribution in [0.25, 0.3) is 0 Å². The molecule has 0 aromatic heterocycles. The van der Waals surface area contributed by atoms with Crippen LogP contribution in [0.15, 0.2) is 0 Å². The first-order valence-corrected chi connectivity index (χ1v) is 6.80. The fourth-order valence-corrected chi connectivity index (χ4v) is 1.96. The van der Waals surface area contributed by atoms with Gasteiger partial charge in [-0.2, -0.15) is 0 Å². The van der Waals surface area contributed by atoms with Crippen molar-refractivity contribution in [2.24, 2.45) is 0 Å². The molecule has 1 aliphatic rings. The summed E-state index contributed by atoms with van der Waals surface area (Å²) in [5, 5.41) is 2.73. The number of nitrogens with zero attached hydrogens (tertiary/aromatic N) is 1. The highest BCUT2D eigenvalue weighted by Gasteiger charge is 2.14. The third kappa shape index (κ3) is 5.71. The molecule has 6 nitrogen and oxygen atoms in total. The average Bonchev–Trinajstić information content (AvgIpc) is 2.11. The van der Waals surface area contributed by atoms with Crippen molar-refractivity contribution in [3.63, 3.8) is 0 Å². The highest BCUT2D eigenvalue weighted by atomic mass is 32.2. The largest absolute Gasteiger partial charge is 0.354 e.